The lowest BCUT2D eigenvalue weighted by atomic mass is 10.2. The third-order valence-corrected chi connectivity index (χ3v) is 3.72. The summed E-state index contributed by atoms with van der Waals surface area (Å²) in [6.45, 7) is 2.57. The summed E-state index contributed by atoms with van der Waals surface area (Å²) in [7, 11) is 0. The minimum atomic E-state index is 0.115. The van der Waals surface area contributed by atoms with Crippen molar-refractivity contribution >= 4 is 28.6 Å². The van der Waals surface area contributed by atoms with E-state index in [4.69, 9.17) is 14.9 Å². The molecule has 4 rings (SSSR count). The van der Waals surface area contributed by atoms with Crippen molar-refractivity contribution in [1.29, 1.82) is 0 Å². The number of hydrogen-bond acceptors (Lipinski definition) is 7. The standard InChI is InChI=1S/C19H17N5O2/c1-2-25-14-9-7-13(8-10-14)21-19-23-17(22-18(20)24-19)16-11-12-5-3-4-6-15(12)26-16/h3-11H,2H2,1H3,(H3,20,21,22,23,24). The molecule has 7 heteroatoms. The van der Waals surface area contributed by atoms with Crippen LogP contribution in [-0.4, -0.2) is 21.6 Å². The van der Waals surface area contributed by atoms with E-state index in [1.807, 2.05) is 61.5 Å². The van der Waals surface area contributed by atoms with Crippen LogP contribution in [-0.2, 0) is 0 Å². The Hall–Kier alpha value is -3.61. The molecule has 26 heavy (non-hydrogen) atoms. The van der Waals surface area contributed by atoms with Gasteiger partial charge in [0.25, 0.3) is 0 Å². The molecule has 0 saturated carbocycles. The fourth-order valence-corrected chi connectivity index (χ4v) is 2.58. The van der Waals surface area contributed by atoms with E-state index in [-0.39, 0.29) is 5.95 Å². The molecule has 0 radical (unpaired) electrons. The maximum atomic E-state index is 5.84. The number of nitrogen functional groups attached to an aromatic ring is 1. The van der Waals surface area contributed by atoms with Crippen LogP contribution in [0, 0.1) is 0 Å². The number of nitrogens with one attached hydrogen (secondary N) is 1. The van der Waals surface area contributed by atoms with Gasteiger partial charge in [0, 0.05) is 11.1 Å². The Morgan fingerprint density at radius 3 is 2.62 bits per heavy atom. The quantitative estimate of drug-likeness (QED) is 0.562. The van der Waals surface area contributed by atoms with Crippen LogP contribution in [0.4, 0.5) is 17.6 Å². The Morgan fingerprint density at radius 2 is 1.85 bits per heavy atom. The largest absolute Gasteiger partial charge is 0.494 e. The smallest absolute Gasteiger partial charge is 0.232 e. The van der Waals surface area contributed by atoms with Gasteiger partial charge in [-0.3, -0.25) is 0 Å². The summed E-state index contributed by atoms with van der Waals surface area (Å²) in [5.74, 6) is 2.18. The highest BCUT2D eigenvalue weighted by Gasteiger charge is 2.12. The Bertz CT molecular complexity index is 1010. The van der Waals surface area contributed by atoms with Crippen molar-refractivity contribution in [3.8, 4) is 17.3 Å². The molecule has 4 aromatic rings. The first-order valence-corrected chi connectivity index (χ1v) is 8.21. The molecule has 0 saturated heterocycles. The summed E-state index contributed by atoms with van der Waals surface area (Å²) in [6.07, 6.45) is 0. The van der Waals surface area contributed by atoms with Gasteiger partial charge < -0.3 is 20.2 Å². The highest BCUT2D eigenvalue weighted by Crippen LogP contribution is 2.27. The van der Waals surface area contributed by atoms with Crippen molar-refractivity contribution in [3.05, 3.63) is 54.6 Å². The number of rotatable bonds is 5. The molecule has 0 aliphatic carbocycles. The van der Waals surface area contributed by atoms with Gasteiger partial charge in [0.1, 0.15) is 11.3 Å². The topological polar surface area (TPSA) is 99.1 Å². The SMILES string of the molecule is CCOc1ccc(Nc2nc(N)nc(-c3cc4ccccc4o3)n2)cc1. The molecule has 0 aliphatic heterocycles. The number of furan rings is 1. The van der Waals surface area contributed by atoms with Crippen molar-refractivity contribution in [3.63, 3.8) is 0 Å². The molecular weight excluding hydrogens is 330 g/mol. The second-order valence-electron chi connectivity index (χ2n) is 5.57. The van der Waals surface area contributed by atoms with Gasteiger partial charge in [-0.05, 0) is 43.3 Å². The van der Waals surface area contributed by atoms with E-state index in [1.54, 1.807) is 0 Å². The van der Waals surface area contributed by atoms with E-state index < -0.39 is 0 Å². The number of ether oxygens (including phenoxy) is 1. The van der Waals surface area contributed by atoms with Crippen LogP contribution < -0.4 is 15.8 Å². The van der Waals surface area contributed by atoms with E-state index in [0.717, 1.165) is 22.4 Å². The molecule has 2 heterocycles. The van der Waals surface area contributed by atoms with Gasteiger partial charge in [0.05, 0.1) is 6.61 Å². The molecule has 2 aromatic carbocycles. The van der Waals surface area contributed by atoms with Crippen LogP contribution in [0.1, 0.15) is 6.92 Å². The molecule has 7 nitrogen and oxygen atoms in total. The second-order valence-corrected chi connectivity index (χ2v) is 5.57. The Kier molecular flexibility index (Phi) is 4.10. The molecule has 0 fully saturated rings. The Morgan fingerprint density at radius 1 is 1.04 bits per heavy atom. The van der Waals surface area contributed by atoms with E-state index in [0.29, 0.717) is 24.1 Å². The molecule has 0 spiro atoms. The predicted molar refractivity (Wildman–Crippen MR) is 100 cm³/mol. The summed E-state index contributed by atoms with van der Waals surface area (Å²) in [6, 6.07) is 17.1. The monoisotopic (exact) mass is 347 g/mol. The minimum absolute atomic E-state index is 0.115. The van der Waals surface area contributed by atoms with Crippen LogP contribution >= 0.6 is 0 Å². The van der Waals surface area contributed by atoms with E-state index in [1.165, 1.54) is 0 Å². The molecule has 0 bridgehead atoms. The molecule has 3 N–H and O–H groups in total. The number of fused-ring (bicyclic) bond motifs is 1. The normalized spacial score (nSPS) is 10.8. The van der Waals surface area contributed by atoms with Gasteiger partial charge in [0.2, 0.25) is 17.7 Å². The average Bonchev–Trinajstić information content (AvgIpc) is 3.07. The van der Waals surface area contributed by atoms with E-state index in [9.17, 15) is 0 Å². The van der Waals surface area contributed by atoms with Crippen LogP contribution in [0.15, 0.2) is 59.0 Å². The van der Waals surface area contributed by atoms with E-state index >= 15 is 0 Å². The van der Waals surface area contributed by atoms with Crippen molar-refractivity contribution in [1.82, 2.24) is 15.0 Å². The van der Waals surface area contributed by atoms with Crippen molar-refractivity contribution < 1.29 is 9.15 Å². The molecular formula is C19H17N5O2. The summed E-state index contributed by atoms with van der Waals surface area (Å²) in [5, 5.41) is 4.09. The summed E-state index contributed by atoms with van der Waals surface area (Å²) in [4.78, 5) is 12.7. The van der Waals surface area contributed by atoms with Crippen LogP contribution in [0.25, 0.3) is 22.6 Å². The zero-order chi connectivity index (χ0) is 17.9. The molecule has 0 atom stereocenters. The summed E-state index contributed by atoms with van der Waals surface area (Å²) >= 11 is 0. The van der Waals surface area contributed by atoms with Crippen LogP contribution in [0.5, 0.6) is 5.75 Å². The Balaban J connectivity index is 1.63. The van der Waals surface area contributed by atoms with Gasteiger partial charge in [-0.1, -0.05) is 18.2 Å². The summed E-state index contributed by atoms with van der Waals surface area (Å²) in [5.41, 5.74) is 7.43. The van der Waals surface area contributed by atoms with Crippen LogP contribution in [0.3, 0.4) is 0 Å². The van der Waals surface area contributed by atoms with Gasteiger partial charge >= 0.3 is 0 Å². The summed E-state index contributed by atoms with van der Waals surface area (Å²) < 4.78 is 11.2. The van der Waals surface area contributed by atoms with Gasteiger partial charge in [-0.25, -0.2) is 0 Å². The Labute approximate surface area is 149 Å². The van der Waals surface area contributed by atoms with E-state index in [2.05, 4.69) is 20.3 Å². The third-order valence-electron chi connectivity index (χ3n) is 3.72. The van der Waals surface area contributed by atoms with Gasteiger partial charge in [0.15, 0.2) is 5.76 Å². The number of para-hydroxylation sites is 1. The molecule has 130 valence electrons. The molecule has 0 unspecified atom stereocenters. The first-order valence-electron chi connectivity index (χ1n) is 8.21. The lowest BCUT2D eigenvalue weighted by Gasteiger charge is -2.08. The molecule has 0 amide bonds. The number of aromatic nitrogens is 3. The fourth-order valence-electron chi connectivity index (χ4n) is 2.58. The zero-order valence-corrected chi connectivity index (χ0v) is 14.1. The lowest BCUT2D eigenvalue weighted by Crippen LogP contribution is -2.04. The highest BCUT2D eigenvalue weighted by atomic mass is 16.5. The zero-order valence-electron chi connectivity index (χ0n) is 14.1. The molecule has 0 aliphatic rings. The third kappa shape index (κ3) is 3.27. The average molecular weight is 347 g/mol. The minimum Gasteiger partial charge on any atom is -0.494 e. The number of nitrogens with zero attached hydrogens (tertiary/aromatic N) is 3. The number of anilines is 3. The lowest BCUT2D eigenvalue weighted by molar-refractivity contribution is 0.340. The number of benzene rings is 2. The first kappa shape index (κ1) is 15.9. The first-order chi connectivity index (χ1) is 12.7. The van der Waals surface area contributed by atoms with Gasteiger partial charge in [-0.2, -0.15) is 15.0 Å². The highest BCUT2D eigenvalue weighted by molar-refractivity contribution is 5.81. The molecule has 2 aromatic heterocycles. The maximum Gasteiger partial charge on any atom is 0.232 e. The van der Waals surface area contributed by atoms with Crippen molar-refractivity contribution in [2.24, 2.45) is 0 Å². The van der Waals surface area contributed by atoms with Crippen molar-refractivity contribution in [2.45, 2.75) is 6.92 Å². The number of nitrogens with two attached hydrogens (primary N) is 1. The predicted octanol–water partition coefficient (Wildman–Crippen LogP) is 4.01. The maximum absolute atomic E-state index is 5.84. The second kappa shape index (κ2) is 6.72. The van der Waals surface area contributed by atoms with Crippen molar-refractivity contribution in [2.75, 3.05) is 17.7 Å². The van der Waals surface area contributed by atoms with Crippen LogP contribution in [0.2, 0.25) is 0 Å². The van der Waals surface area contributed by atoms with Gasteiger partial charge in [-0.15, -0.1) is 0 Å². The fraction of sp³-hybridized carbons (Fsp3) is 0.105. The number of hydrogen-bond donors (Lipinski definition) is 2.